The molecule has 0 saturated heterocycles. The van der Waals surface area contributed by atoms with Gasteiger partial charge >= 0.3 is 5.97 Å². The third-order valence-electron chi connectivity index (χ3n) is 6.43. The maximum atomic E-state index is 12.0. The second kappa shape index (κ2) is 16.9. The van der Waals surface area contributed by atoms with Crippen LogP contribution in [0.5, 0.6) is 5.75 Å². The summed E-state index contributed by atoms with van der Waals surface area (Å²) >= 11 is 0. The van der Waals surface area contributed by atoms with Crippen molar-refractivity contribution < 1.29 is 19.4 Å². The third kappa shape index (κ3) is 10.1. The fraction of sp³-hybridized carbons (Fsp3) is 0.267. The van der Waals surface area contributed by atoms with E-state index in [9.17, 15) is 9.59 Å². The van der Waals surface area contributed by atoms with Crippen LogP contribution in [0.1, 0.15) is 37.7 Å². The number of amidine groups is 1. The maximum absolute atomic E-state index is 12.0. The van der Waals surface area contributed by atoms with Crippen molar-refractivity contribution in [1.29, 1.82) is 0 Å². The van der Waals surface area contributed by atoms with Gasteiger partial charge in [0.1, 0.15) is 11.8 Å². The van der Waals surface area contributed by atoms with Gasteiger partial charge in [0, 0.05) is 25.2 Å². The predicted molar refractivity (Wildman–Crippen MR) is 167 cm³/mol. The summed E-state index contributed by atoms with van der Waals surface area (Å²) in [4.78, 5) is 23.0. The van der Waals surface area contributed by atoms with E-state index >= 15 is 0 Å². The van der Waals surface area contributed by atoms with Gasteiger partial charge in [0.05, 0.1) is 6.61 Å². The number of carbonyl (C=O) groups is 2. The Morgan fingerprint density at radius 1 is 0.902 bits per heavy atom. The lowest BCUT2D eigenvalue weighted by atomic mass is 9.99. The Bertz CT molecular complexity index is 1300. The Labute approximate surface area is 242 Å². The summed E-state index contributed by atoms with van der Waals surface area (Å²) in [5, 5.41) is 21.9. The number of unbranched alkanes of at least 4 members (excludes halogenated alkanes) is 1. The van der Waals surface area contributed by atoms with Crippen LogP contribution in [-0.4, -0.2) is 48.7 Å². The molecule has 0 aliphatic rings. The minimum absolute atomic E-state index is 0.0292. The number of carboxylic acid groups (broad SMARTS) is 1. The highest BCUT2D eigenvalue weighted by atomic mass is 31.0. The molecule has 0 fully saturated rings. The van der Waals surface area contributed by atoms with E-state index in [1.54, 1.807) is 0 Å². The van der Waals surface area contributed by atoms with Crippen LogP contribution in [-0.2, 0) is 9.59 Å². The Morgan fingerprint density at radius 3 is 1.98 bits per heavy atom. The van der Waals surface area contributed by atoms with E-state index in [1.807, 2.05) is 48.5 Å². The van der Waals surface area contributed by atoms with Gasteiger partial charge in [-0.25, -0.2) is 5.84 Å². The SMILES string of the molecule is C=N/N=C(\NN)c1ccc(-c2ccc(-c3ccc(OCCCC(=O)NCCCC[C@H](NP)C(=O)O)cc3)cc2)cc1. The summed E-state index contributed by atoms with van der Waals surface area (Å²) in [6.45, 7) is 4.33. The molecule has 0 bridgehead atoms. The van der Waals surface area contributed by atoms with Crippen molar-refractivity contribution in [3.63, 3.8) is 0 Å². The molecule has 1 amide bonds. The van der Waals surface area contributed by atoms with E-state index in [0.29, 0.717) is 38.2 Å². The first kappa shape index (κ1) is 31.4. The fourth-order valence-corrected chi connectivity index (χ4v) is 4.46. The summed E-state index contributed by atoms with van der Waals surface area (Å²) in [7, 11) is 2.23. The van der Waals surface area contributed by atoms with E-state index in [-0.39, 0.29) is 5.91 Å². The number of nitrogens with two attached hydrogens (primary N) is 1. The molecule has 6 N–H and O–H groups in total. The number of amides is 1. The van der Waals surface area contributed by atoms with Crippen molar-refractivity contribution >= 4 is 33.8 Å². The fourth-order valence-electron chi connectivity index (χ4n) is 4.15. The van der Waals surface area contributed by atoms with Crippen LogP contribution >= 0.6 is 9.39 Å². The molecule has 3 aromatic rings. The molecule has 216 valence electrons. The predicted octanol–water partition coefficient (Wildman–Crippen LogP) is 4.12. The summed E-state index contributed by atoms with van der Waals surface area (Å²) < 4.78 is 5.80. The molecular weight excluding hydrogens is 539 g/mol. The minimum Gasteiger partial charge on any atom is -0.494 e. The lowest BCUT2D eigenvalue weighted by molar-refractivity contribution is -0.139. The summed E-state index contributed by atoms with van der Waals surface area (Å²) in [5.41, 5.74) is 7.66. The molecule has 0 heterocycles. The third-order valence-corrected chi connectivity index (χ3v) is 6.83. The molecule has 1 unspecified atom stereocenters. The molecule has 0 saturated carbocycles. The van der Waals surface area contributed by atoms with Crippen molar-refractivity contribution in [2.45, 2.75) is 38.1 Å². The number of hydrogen-bond acceptors (Lipinski definition) is 7. The molecule has 11 heteroatoms. The second-order valence-electron chi connectivity index (χ2n) is 9.27. The first-order valence-corrected chi connectivity index (χ1v) is 13.9. The van der Waals surface area contributed by atoms with Gasteiger partial charge in [-0.3, -0.25) is 14.7 Å². The van der Waals surface area contributed by atoms with Gasteiger partial charge in [-0.2, -0.15) is 5.10 Å². The van der Waals surface area contributed by atoms with E-state index in [1.165, 1.54) is 0 Å². The topological polar surface area (TPSA) is 150 Å². The Balaban J connectivity index is 1.39. The highest BCUT2D eigenvalue weighted by Gasteiger charge is 2.13. The Morgan fingerprint density at radius 2 is 1.46 bits per heavy atom. The zero-order valence-electron chi connectivity index (χ0n) is 22.9. The quantitative estimate of drug-likeness (QED) is 0.0430. The molecule has 0 aromatic heterocycles. The van der Waals surface area contributed by atoms with Crippen LogP contribution in [0.25, 0.3) is 22.3 Å². The average Bonchev–Trinajstić information content (AvgIpc) is 3.00. The first-order valence-electron chi connectivity index (χ1n) is 13.3. The molecule has 3 rings (SSSR count). The van der Waals surface area contributed by atoms with Crippen molar-refractivity contribution in [3.8, 4) is 28.0 Å². The van der Waals surface area contributed by atoms with Crippen molar-refractivity contribution in [1.82, 2.24) is 15.8 Å². The number of hydrazine groups is 1. The molecule has 0 spiro atoms. The van der Waals surface area contributed by atoms with Gasteiger partial charge in [0.25, 0.3) is 0 Å². The second-order valence-corrected chi connectivity index (χ2v) is 9.60. The molecule has 0 aliphatic heterocycles. The van der Waals surface area contributed by atoms with Gasteiger partial charge < -0.3 is 20.6 Å². The van der Waals surface area contributed by atoms with Gasteiger partial charge in [-0.15, -0.1) is 5.10 Å². The highest BCUT2D eigenvalue weighted by molar-refractivity contribution is 7.13. The van der Waals surface area contributed by atoms with Crippen molar-refractivity contribution in [2.75, 3.05) is 13.2 Å². The van der Waals surface area contributed by atoms with Crippen LogP contribution in [0.4, 0.5) is 0 Å². The number of benzene rings is 3. The summed E-state index contributed by atoms with van der Waals surface area (Å²) in [5.74, 6) is 5.79. The molecule has 41 heavy (non-hydrogen) atoms. The standard InChI is InChI=1S/C30H37N6O4P/c1-32-35-29(34-31)25-13-11-23(12-14-25)21-7-9-22(10-8-21)24-15-17-26(18-16-24)40-20-4-6-28(37)33-19-3-2-5-27(36-41)30(38)39/h7-18,27,36H,1-6,19-20,31,41H2,(H,33,37)(H,34,35)(H,38,39)/t27-/m0/s1. The Kier molecular flexibility index (Phi) is 12.9. The lowest BCUT2D eigenvalue weighted by Gasteiger charge is -2.11. The highest BCUT2D eigenvalue weighted by Crippen LogP contribution is 2.26. The van der Waals surface area contributed by atoms with Gasteiger partial charge in [-0.05, 0) is 60.1 Å². The zero-order valence-corrected chi connectivity index (χ0v) is 24.0. The number of carboxylic acids is 1. The number of hydrogen-bond donors (Lipinski definition) is 5. The molecule has 10 nitrogen and oxygen atoms in total. The molecule has 2 atom stereocenters. The van der Waals surface area contributed by atoms with E-state index < -0.39 is 12.0 Å². The number of rotatable bonds is 16. The molecule has 0 radical (unpaired) electrons. The van der Waals surface area contributed by atoms with Crippen LogP contribution in [0.3, 0.4) is 0 Å². The number of ether oxygens (including phenoxy) is 1. The molecule has 0 aliphatic carbocycles. The van der Waals surface area contributed by atoms with Gasteiger partial charge in [0.2, 0.25) is 5.91 Å². The smallest absolute Gasteiger partial charge is 0.320 e. The van der Waals surface area contributed by atoms with Crippen LogP contribution in [0, 0.1) is 0 Å². The van der Waals surface area contributed by atoms with Crippen LogP contribution in [0.2, 0.25) is 0 Å². The largest absolute Gasteiger partial charge is 0.494 e. The van der Waals surface area contributed by atoms with E-state index in [4.69, 9.17) is 15.7 Å². The van der Waals surface area contributed by atoms with Crippen molar-refractivity contribution in [2.24, 2.45) is 16.0 Å². The lowest BCUT2D eigenvalue weighted by Crippen LogP contribution is -2.30. The van der Waals surface area contributed by atoms with Crippen LogP contribution < -0.4 is 26.4 Å². The monoisotopic (exact) mass is 576 g/mol. The van der Waals surface area contributed by atoms with Crippen molar-refractivity contribution in [3.05, 3.63) is 78.4 Å². The molecule has 3 aromatic carbocycles. The number of carbonyl (C=O) groups excluding carboxylic acids is 1. The van der Waals surface area contributed by atoms with E-state index in [2.05, 4.69) is 66.4 Å². The molecular formula is C30H37N6O4P. The van der Waals surface area contributed by atoms with Gasteiger partial charge in [0.15, 0.2) is 5.84 Å². The first-order chi connectivity index (χ1) is 19.9. The summed E-state index contributed by atoms with van der Waals surface area (Å²) in [6, 6.07) is 23.5. The van der Waals surface area contributed by atoms with E-state index in [0.717, 1.165) is 46.4 Å². The zero-order chi connectivity index (χ0) is 29.5. The van der Waals surface area contributed by atoms with Gasteiger partial charge in [-0.1, -0.05) is 70.1 Å². The average molecular weight is 577 g/mol. The van der Waals surface area contributed by atoms with Crippen LogP contribution in [0.15, 0.2) is 83.0 Å². The number of nitrogens with one attached hydrogen (secondary N) is 3. The number of nitrogens with zero attached hydrogens (tertiary/aromatic N) is 2. The Hall–Kier alpha value is -4.11. The maximum Gasteiger partial charge on any atom is 0.320 e. The normalized spacial score (nSPS) is 11.9. The summed E-state index contributed by atoms with van der Waals surface area (Å²) in [6.07, 6.45) is 2.95. The number of aliphatic carboxylic acids is 1. The minimum atomic E-state index is -0.874.